The van der Waals surface area contributed by atoms with Gasteiger partial charge in [-0.3, -0.25) is 14.4 Å². The number of ether oxygens (including phenoxy) is 2. The second-order valence-corrected chi connectivity index (χ2v) is 18.5. The van der Waals surface area contributed by atoms with Crippen LogP contribution in [0.1, 0.15) is 65.1 Å². The molecule has 1 fully saturated rings. The lowest BCUT2D eigenvalue weighted by Crippen LogP contribution is -2.50. The molecule has 0 spiro atoms. The van der Waals surface area contributed by atoms with E-state index < -0.39 is 50.9 Å². The molecule has 1 saturated heterocycles. The number of amides is 3. The Hall–Kier alpha value is -4.57. The minimum absolute atomic E-state index is 0.00191. The first-order valence-corrected chi connectivity index (χ1v) is 21.2. The molecule has 3 heterocycles. The zero-order valence-electron chi connectivity index (χ0n) is 31.1. The van der Waals surface area contributed by atoms with Crippen LogP contribution < -0.4 is 5.32 Å². The molecule has 17 heteroatoms. The van der Waals surface area contributed by atoms with E-state index in [2.05, 4.69) is 5.32 Å². The molecule has 56 heavy (non-hydrogen) atoms. The highest BCUT2D eigenvalue weighted by atomic mass is 35.5. The highest BCUT2D eigenvalue weighted by Crippen LogP contribution is 2.39. The van der Waals surface area contributed by atoms with Crippen molar-refractivity contribution in [3.05, 3.63) is 98.7 Å². The van der Waals surface area contributed by atoms with Crippen molar-refractivity contribution < 1.29 is 46.3 Å². The summed E-state index contributed by atoms with van der Waals surface area (Å²) in [4.78, 5) is 69.0. The number of sulfone groups is 1. The summed E-state index contributed by atoms with van der Waals surface area (Å²) in [7, 11) is -3.61. The Kier molecular flexibility index (Phi) is 11.8. The molecular formula is C39H39Cl2N3O10S2. The van der Waals surface area contributed by atoms with Crippen LogP contribution >= 0.6 is 35.0 Å². The molecule has 296 valence electrons. The Morgan fingerprint density at radius 2 is 1.80 bits per heavy atom. The van der Waals surface area contributed by atoms with Gasteiger partial charge in [0.2, 0.25) is 12.2 Å². The lowest BCUT2D eigenvalue weighted by molar-refractivity contribution is -0.190. The third-order valence-electron chi connectivity index (χ3n) is 9.64. The molecule has 2 aliphatic heterocycles. The van der Waals surface area contributed by atoms with Crippen LogP contribution in [-0.4, -0.2) is 89.7 Å². The number of esters is 2. The summed E-state index contributed by atoms with van der Waals surface area (Å²) >= 11 is 14.9. The molecular weight excluding hydrogens is 805 g/mol. The van der Waals surface area contributed by atoms with Crippen LogP contribution in [0.4, 0.5) is 0 Å². The van der Waals surface area contributed by atoms with E-state index in [1.807, 2.05) is 13.8 Å². The van der Waals surface area contributed by atoms with E-state index in [1.165, 1.54) is 48.7 Å². The second-order valence-electron chi connectivity index (χ2n) is 14.1. The largest absolute Gasteiger partial charge is 0.464 e. The average Bonchev–Trinajstić information content (AvgIpc) is 3.73. The average molecular weight is 845 g/mol. The van der Waals surface area contributed by atoms with Gasteiger partial charge in [0.15, 0.2) is 9.84 Å². The first-order valence-electron chi connectivity index (χ1n) is 17.5. The lowest BCUT2D eigenvalue weighted by atomic mass is 9.95. The number of rotatable bonds is 10. The fourth-order valence-corrected chi connectivity index (χ4v) is 9.65. The molecule has 2 aliphatic rings. The standard InChI is InChI=1S/C39H39Cl2N3O10S2/c1-21(45)44-31(20-55-39(44,3)4)38(49)54-22(2)53-37(48)30(16-23-7-6-8-27(15-23)56(5,50)51)42-35(46)33-29(40)17-26-19-43(13-11-28(26)34(33)41)36(47)25-10-9-24-12-14-52-32(24)18-25/h6-10,12,14-15,17-18,22,30-31H,11,13,16,19-20H2,1-5H3,(H,42,46)/t22?,30-,31?/m0/s1. The van der Waals surface area contributed by atoms with Gasteiger partial charge in [-0.05, 0) is 73.4 Å². The first kappa shape index (κ1) is 41.1. The molecule has 13 nitrogen and oxygen atoms in total. The third-order valence-corrected chi connectivity index (χ3v) is 12.9. The van der Waals surface area contributed by atoms with E-state index in [4.69, 9.17) is 37.1 Å². The molecule has 0 radical (unpaired) electrons. The zero-order chi connectivity index (χ0) is 40.7. The van der Waals surface area contributed by atoms with Crippen LogP contribution in [0, 0.1) is 0 Å². The summed E-state index contributed by atoms with van der Waals surface area (Å²) in [5, 5.41) is 3.53. The predicted molar refractivity (Wildman–Crippen MR) is 210 cm³/mol. The summed E-state index contributed by atoms with van der Waals surface area (Å²) in [6.07, 6.45) is 1.25. The van der Waals surface area contributed by atoms with Crippen LogP contribution in [-0.2, 0) is 53.1 Å². The highest BCUT2D eigenvalue weighted by Gasteiger charge is 2.46. The van der Waals surface area contributed by atoms with Gasteiger partial charge in [0.1, 0.15) is 17.7 Å². The number of benzene rings is 3. The summed E-state index contributed by atoms with van der Waals surface area (Å²) in [6, 6.07) is 12.1. The van der Waals surface area contributed by atoms with Crippen molar-refractivity contribution in [3.63, 3.8) is 0 Å². The highest BCUT2D eigenvalue weighted by molar-refractivity contribution is 8.00. The molecule has 0 bridgehead atoms. The number of fused-ring (bicyclic) bond motifs is 2. The van der Waals surface area contributed by atoms with Crippen LogP contribution in [0.3, 0.4) is 0 Å². The number of nitrogens with zero attached hydrogens (tertiary/aromatic N) is 2. The van der Waals surface area contributed by atoms with E-state index in [-0.39, 0.29) is 51.0 Å². The number of thioether (sulfide) groups is 1. The molecule has 2 unspecified atom stereocenters. The Labute approximate surface area is 337 Å². The SMILES string of the molecule is CC(=O)N1C(C(=O)OC(C)OC(=O)[C@H](Cc2cccc(S(C)(=O)=O)c2)NC(=O)c2c(Cl)cc3c(c2Cl)CCN(C(=O)c2ccc4ccoc4c2)C3)CSC1(C)C. The minimum atomic E-state index is -3.61. The number of carbonyl (C=O) groups is 5. The van der Waals surface area contributed by atoms with Gasteiger partial charge in [0, 0.05) is 56.3 Å². The van der Waals surface area contributed by atoms with Gasteiger partial charge in [-0.2, -0.15) is 0 Å². The van der Waals surface area contributed by atoms with Gasteiger partial charge in [0.05, 0.1) is 31.6 Å². The van der Waals surface area contributed by atoms with E-state index >= 15 is 0 Å². The van der Waals surface area contributed by atoms with E-state index in [1.54, 1.807) is 47.6 Å². The number of halogens is 2. The van der Waals surface area contributed by atoms with Crippen LogP contribution in [0.15, 0.2) is 70.2 Å². The summed E-state index contributed by atoms with van der Waals surface area (Å²) < 4.78 is 41.0. The molecule has 0 aliphatic carbocycles. The summed E-state index contributed by atoms with van der Waals surface area (Å²) in [6.45, 7) is 6.77. The monoisotopic (exact) mass is 843 g/mol. The maximum atomic E-state index is 14.0. The van der Waals surface area contributed by atoms with Gasteiger partial charge in [-0.15, -0.1) is 11.8 Å². The molecule has 3 atom stereocenters. The van der Waals surface area contributed by atoms with E-state index in [9.17, 15) is 32.4 Å². The van der Waals surface area contributed by atoms with Crippen molar-refractivity contribution in [2.24, 2.45) is 0 Å². The number of hydrogen-bond donors (Lipinski definition) is 1. The van der Waals surface area contributed by atoms with Crippen LogP contribution in [0.25, 0.3) is 11.0 Å². The second kappa shape index (κ2) is 16.1. The molecule has 1 aromatic heterocycles. The molecule has 6 rings (SSSR count). The Morgan fingerprint density at radius 1 is 1.05 bits per heavy atom. The maximum absolute atomic E-state index is 14.0. The Bertz CT molecular complexity index is 2360. The number of nitrogens with one attached hydrogen (secondary N) is 1. The fourth-order valence-electron chi connectivity index (χ4n) is 6.95. The van der Waals surface area contributed by atoms with Gasteiger partial charge in [-0.1, -0.05) is 41.4 Å². The lowest BCUT2D eigenvalue weighted by Gasteiger charge is -2.33. The van der Waals surface area contributed by atoms with Gasteiger partial charge >= 0.3 is 11.9 Å². The van der Waals surface area contributed by atoms with Crippen molar-refractivity contribution in [1.29, 1.82) is 0 Å². The van der Waals surface area contributed by atoms with Crippen molar-refractivity contribution in [1.82, 2.24) is 15.1 Å². The maximum Gasteiger partial charge on any atom is 0.332 e. The minimum Gasteiger partial charge on any atom is -0.464 e. The fraction of sp³-hybridized carbons (Fsp3) is 0.359. The zero-order valence-corrected chi connectivity index (χ0v) is 34.2. The Balaban J connectivity index is 1.21. The van der Waals surface area contributed by atoms with Crippen molar-refractivity contribution in [2.75, 3.05) is 18.6 Å². The number of hydrogen-bond acceptors (Lipinski definition) is 11. The number of carbonyl (C=O) groups excluding carboxylic acids is 5. The molecule has 1 N–H and O–H groups in total. The normalized spacial score (nSPS) is 17.5. The topological polar surface area (TPSA) is 170 Å². The van der Waals surface area contributed by atoms with E-state index in [0.717, 1.165) is 11.6 Å². The number of furan rings is 1. The summed E-state index contributed by atoms with van der Waals surface area (Å²) in [5.41, 5.74) is 2.56. The van der Waals surface area contributed by atoms with Crippen molar-refractivity contribution >= 4 is 85.4 Å². The Morgan fingerprint density at radius 3 is 2.52 bits per heavy atom. The predicted octanol–water partition coefficient (Wildman–Crippen LogP) is 5.82. The molecule has 3 amide bonds. The quantitative estimate of drug-likeness (QED) is 0.151. The van der Waals surface area contributed by atoms with Gasteiger partial charge in [0.25, 0.3) is 11.8 Å². The van der Waals surface area contributed by atoms with Crippen LogP contribution in [0.2, 0.25) is 10.0 Å². The first-order chi connectivity index (χ1) is 26.3. The van der Waals surface area contributed by atoms with Crippen molar-refractivity contribution in [3.8, 4) is 0 Å². The summed E-state index contributed by atoms with van der Waals surface area (Å²) in [5.74, 6) is -2.85. The van der Waals surface area contributed by atoms with Gasteiger partial charge in [-0.25, -0.2) is 18.0 Å². The molecule has 3 aromatic carbocycles. The van der Waals surface area contributed by atoms with Crippen LogP contribution in [0.5, 0.6) is 0 Å². The smallest absolute Gasteiger partial charge is 0.332 e. The molecule has 0 saturated carbocycles. The third kappa shape index (κ3) is 8.70. The van der Waals surface area contributed by atoms with E-state index in [0.29, 0.717) is 40.8 Å². The molecule has 4 aromatic rings. The van der Waals surface area contributed by atoms with Crippen molar-refractivity contribution in [2.45, 2.75) is 75.2 Å². The van der Waals surface area contributed by atoms with Gasteiger partial charge < -0.3 is 29.0 Å².